The number of carbonyl (C=O) groups is 2. The van der Waals surface area contributed by atoms with Gasteiger partial charge in [-0.1, -0.05) is 60.7 Å². The smallest absolute Gasteiger partial charge is 0.356 e. The van der Waals surface area contributed by atoms with Crippen molar-refractivity contribution in [1.82, 2.24) is 9.55 Å². The molecule has 2 N–H and O–H groups in total. The lowest BCUT2D eigenvalue weighted by Gasteiger charge is -2.12. The fraction of sp³-hybridized carbons (Fsp3) is 0.300. The number of rotatable bonds is 10. The maximum atomic E-state index is 13.1. The van der Waals surface area contributed by atoms with Gasteiger partial charge in [-0.3, -0.25) is 4.79 Å². The van der Waals surface area contributed by atoms with Crippen LogP contribution in [0.15, 0.2) is 72.9 Å². The monoisotopic (exact) mass is 512 g/mol. The fourth-order valence-corrected chi connectivity index (χ4v) is 4.83. The van der Waals surface area contributed by atoms with E-state index in [4.69, 9.17) is 14.5 Å². The van der Waals surface area contributed by atoms with E-state index in [1.807, 2.05) is 59.2 Å². The molecule has 2 aromatic heterocycles. The van der Waals surface area contributed by atoms with E-state index in [0.29, 0.717) is 55.1 Å². The van der Waals surface area contributed by atoms with Crippen LogP contribution >= 0.6 is 0 Å². The molecule has 0 spiro atoms. The molecule has 1 amide bonds. The molecule has 1 unspecified atom stereocenters. The van der Waals surface area contributed by atoms with Crippen LogP contribution < -0.4 is 10.6 Å². The summed E-state index contributed by atoms with van der Waals surface area (Å²) in [6.07, 6.45) is 4.05. The summed E-state index contributed by atoms with van der Waals surface area (Å²) >= 11 is 0. The first-order valence-corrected chi connectivity index (χ1v) is 12.9. The van der Waals surface area contributed by atoms with Crippen LogP contribution in [-0.2, 0) is 33.8 Å². The zero-order valence-corrected chi connectivity index (χ0v) is 21.5. The third-order valence-corrected chi connectivity index (χ3v) is 6.86. The Kier molecular flexibility index (Phi) is 7.99. The van der Waals surface area contributed by atoms with Gasteiger partial charge < -0.3 is 24.7 Å². The number of hydrogen-bond donors (Lipinski definition) is 2. The van der Waals surface area contributed by atoms with E-state index in [1.54, 1.807) is 6.20 Å². The van der Waals surface area contributed by atoms with Gasteiger partial charge >= 0.3 is 5.97 Å². The van der Waals surface area contributed by atoms with Crippen molar-refractivity contribution in [3.05, 3.63) is 89.7 Å². The van der Waals surface area contributed by atoms with Gasteiger partial charge in [0.2, 0.25) is 5.91 Å². The van der Waals surface area contributed by atoms with Crippen LogP contribution in [0.1, 0.15) is 34.5 Å². The average molecular weight is 513 g/mol. The molecular weight excluding hydrogens is 480 g/mol. The first-order chi connectivity index (χ1) is 18.6. The number of amides is 1. The van der Waals surface area contributed by atoms with Crippen molar-refractivity contribution in [3.8, 4) is 0 Å². The summed E-state index contributed by atoms with van der Waals surface area (Å²) in [5.41, 5.74) is 4.50. The van der Waals surface area contributed by atoms with Crippen LogP contribution in [-0.4, -0.2) is 41.8 Å². The minimum absolute atomic E-state index is 0.168. The summed E-state index contributed by atoms with van der Waals surface area (Å²) < 4.78 is 12.5. The van der Waals surface area contributed by atoms with Gasteiger partial charge in [0.25, 0.3) is 0 Å². The Balaban J connectivity index is 1.50. The number of ether oxygens (including phenoxy) is 2. The van der Waals surface area contributed by atoms with Crippen LogP contribution in [0.2, 0.25) is 0 Å². The van der Waals surface area contributed by atoms with Crippen molar-refractivity contribution in [3.63, 3.8) is 0 Å². The number of aromatic nitrogens is 2. The second-order valence-corrected chi connectivity index (χ2v) is 9.44. The third kappa shape index (κ3) is 5.70. The molecule has 8 nitrogen and oxygen atoms in total. The molecule has 0 radical (unpaired) electrons. The topological polar surface area (TPSA) is 94.5 Å². The minimum atomic E-state index is -0.514. The van der Waals surface area contributed by atoms with Crippen molar-refractivity contribution in [2.75, 3.05) is 31.0 Å². The van der Waals surface area contributed by atoms with E-state index < -0.39 is 5.97 Å². The van der Waals surface area contributed by atoms with Gasteiger partial charge in [0.15, 0.2) is 5.69 Å². The van der Waals surface area contributed by atoms with Gasteiger partial charge in [-0.05, 0) is 36.5 Å². The molecule has 0 bridgehead atoms. The molecular formula is C30H32N4O4. The summed E-state index contributed by atoms with van der Waals surface area (Å²) in [5.74, 6) is -0.942. The highest BCUT2D eigenvalue weighted by Crippen LogP contribution is 2.34. The highest BCUT2D eigenvalue weighted by Gasteiger charge is 2.29. The Morgan fingerprint density at radius 3 is 2.50 bits per heavy atom. The lowest BCUT2D eigenvalue weighted by Crippen LogP contribution is -2.24. The van der Waals surface area contributed by atoms with Crippen molar-refractivity contribution in [2.45, 2.75) is 32.4 Å². The number of nitrogens with one attached hydrogen (secondary N) is 2. The molecule has 0 saturated carbocycles. The summed E-state index contributed by atoms with van der Waals surface area (Å²) in [6.45, 7) is 2.09. The number of fused-ring (bicyclic) bond motifs is 1. The van der Waals surface area contributed by atoms with Gasteiger partial charge in [0, 0.05) is 25.1 Å². The molecule has 1 saturated heterocycles. The van der Waals surface area contributed by atoms with Crippen molar-refractivity contribution in [1.29, 1.82) is 0 Å². The van der Waals surface area contributed by atoms with Crippen molar-refractivity contribution < 1.29 is 19.1 Å². The van der Waals surface area contributed by atoms with Crippen molar-refractivity contribution in [2.24, 2.45) is 5.92 Å². The maximum absolute atomic E-state index is 13.1. The number of esters is 1. The van der Waals surface area contributed by atoms with Crippen molar-refractivity contribution >= 4 is 34.3 Å². The molecule has 1 aliphatic rings. The van der Waals surface area contributed by atoms with Gasteiger partial charge in [0.05, 0.1) is 37.2 Å². The van der Waals surface area contributed by atoms with E-state index in [1.165, 1.54) is 12.7 Å². The quantitative estimate of drug-likeness (QED) is 0.289. The molecule has 4 aromatic rings. The summed E-state index contributed by atoms with van der Waals surface area (Å²) in [4.78, 5) is 31.0. The van der Waals surface area contributed by atoms with E-state index in [2.05, 4.69) is 22.8 Å². The molecule has 2 aromatic carbocycles. The SMILES string of the molecule is COC(=O)c1c(NC(=O)C2CCOC2)c2cc(NCc3ccccc3)cnc2n1CCCc1ccccc1. The van der Waals surface area contributed by atoms with E-state index >= 15 is 0 Å². The zero-order chi connectivity index (χ0) is 26.3. The number of aryl methyl sites for hydroxylation is 2. The molecule has 0 aliphatic carbocycles. The van der Waals surface area contributed by atoms with Crippen LogP contribution in [0.5, 0.6) is 0 Å². The maximum Gasteiger partial charge on any atom is 0.356 e. The van der Waals surface area contributed by atoms with Gasteiger partial charge in [-0.2, -0.15) is 0 Å². The third-order valence-electron chi connectivity index (χ3n) is 6.86. The van der Waals surface area contributed by atoms with Gasteiger partial charge in [-0.25, -0.2) is 9.78 Å². The van der Waals surface area contributed by atoms with E-state index in [0.717, 1.165) is 24.1 Å². The largest absolute Gasteiger partial charge is 0.464 e. The normalized spacial score (nSPS) is 14.9. The Hall–Kier alpha value is -4.17. The zero-order valence-electron chi connectivity index (χ0n) is 21.5. The number of hydrogen-bond acceptors (Lipinski definition) is 6. The molecule has 1 atom stereocenters. The Morgan fingerprint density at radius 2 is 1.82 bits per heavy atom. The van der Waals surface area contributed by atoms with E-state index in [9.17, 15) is 9.59 Å². The molecule has 196 valence electrons. The van der Waals surface area contributed by atoms with Gasteiger partial charge in [0.1, 0.15) is 5.65 Å². The minimum Gasteiger partial charge on any atom is -0.464 e. The number of carbonyl (C=O) groups excluding carboxylic acids is 2. The standard InChI is InChI=1S/C30H32N4O4/c1-37-30(36)27-26(33-29(35)23-14-16-38-20-23)25-17-24(31-18-22-11-6-3-7-12-22)19-32-28(25)34(27)15-8-13-21-9-4-2-5-10-21/h2-7,9-12,17,19,23,31H,8,13-16,18,20H2,1H3,(H,33,35). The van der Waals surface area contributed by atoms with E-state index in [-0.39, 0.29) is 11.8 Å². The molecule has 1 fully saturated rings. The summed E-state index contributed by atoms with van der Waals surface area (Å²) in [7, 11) is 1.35. The second kappa shape index (κ2) is 11.9. The van der Waals surface area contributed by atoms with Crippen LogP contribution in [0.3, 0.4) is 0 Å². The number of methoxy groups -OCH3 is 1. The lowest BCUT2D eigenvalue weighted by atomic mass is 10.1. The fourth-order valence-electron chi connectivity index (χ4n) is 4.83. The summed E-state index contributed by atoms with van der Waals surface area (Å²) in [5, 5.41) is 7.13. The predicted octanol–water partition coefficient (Wildman–Crippen LogP) is 5.04. The van der Waals surface area contributed by atoms with Crippen LogP contribution in [0, 0.1) is 5.92 Å². The Morgan fingerprint density at radius 1 is 1.08 bits per heavy atom. The number of benzene rings is 2. The molecule has 8 heteroatoms. The number of pyridine rings is 1. The average Bonchev–Trinajstić information content (AvgIpc) is 3.60. The number of nitrogens with zero attached hydrogens (tertiary/aromatic N) is 2. The molecule has 38 heavy (non-hydrogen) atoms. The first kappa shape index (κ1) is 25.5. The lowest BCUT2D eigenvalue weighted by molar-refractivity contribution is -0.119. The molecule has 5 rings (SSSR count). The van der Waals surface area contributed by atoms with Crippen LogP contribution in [0.4, 0.5) is 11.4 Å². The molecule has 1 aliphatic heterocycles. The molecule has 3 heterocycles. The summed E-state index contributed by atoms with van der Waals surface area (Å²) in [6, 6.07) is 22.2. The highest BCUT2D eigenvalue weighted by molar-refractivity contribution is 6.11. The highest BCUT2D eigenvalue weighted by atomic mass is 16.5. The number of anilines is 2. The van der Waals surface area contributed by atoms with Crippen LogP contribution in [0.25, 0.3) is 11.0 Å². The predicted molar refractivity (Wildman–Crippen MR) is 147 cm³/mol. The Labute approximate surface area is 222 Å². The second-order valence-electron chi connectivity index (χ2n) is 9.44. The Bertz CT molecular complexity index is 1400. The first-order valence-electron chi connectivity index (χ1n) is 12.9. The van der Waals surface area contributed by atoms with Gasteiger partial charge in [-0.15, -0.1) is 0 Å².